The topological polar surface area (TPSA) is 73.2 Å². The number of rotatable bonds is 4. The van der Waals surface area contributed by atoms with Gasteiger partial charge in [0.2, 0.25) is 0 Å². The van der Waals surface area contributed by atoms with Crippen molar-refractivity contribution in [1.82, 2.24) is 10.2 Å². The molecule has 1 N–H and O–H groups in total. The van der Waals surface area contributed by atoms with E-state index in [9.17, 15) is 14.9 Å². The second kappa shape index (κ2) is 7.63. The second-order valence-corrected chi connectivity index (χ2v) is 7.18. The molecule has 1 saturated heterocycles. The standard InChI is InChI=1S/C22H23N3O2/c1-16-7-3-5-9-18(16)20(26)24-22(11-13-23)12-14-25(15-22)21(27)19-10-6-4-8-17(19)2/h3-10H,11-12,14-15H2,1-2H3,(H,24,26). The van der Waals surface area contributed by atoms with Crippen molar-refractivity contribution >= 4 is 11.8 Å². The molecule has 2 amide bonds. The first-order valence-electron chi connectivity index (χ1n) is 9.06. The summed E-state index contributed by atoms with van der Waals surface area (Å²) in [6.45, 7) is 4.65. The van der Waals surface area contributed by atoms with Gasteiger partial charge in [0.25, 0.3) is 11.8 Å². The highest BCUT2D eigenvalue weighted by Gasteiger charge is 2.41. The molecule has 3 rings (SSSR count). The van der Waals surface area contributed by atoms with Gasteiger partial charge in [0.1, 0.15) is 0 Å². The van der Waals surface area contributed by atoms with Crippen molar-refractivity contribution in [3.8, 4) is 6.07 Å². The molecule has 27 heavy (non-hydrogen) atoms. The molecule has 2 aromatic carbocycles. The van der Waals surface area contributed by atoms with Gasteiger partial charge in [0, 0.05) is 24.2 Å². The molecular formula is C22H23N3O2. The lowest BCUT2D eigenvalue weighted by atomic mass is 9.93. The molecule has 0 spiro atoms. The first-order valence-corrected chi connectivity index (χ1v) is 9.06. The van der Waals surface area contributed by atoms with Gasteiger partial charge < -0.3 is 10.2 Å². The lowest BCUT2D eigenvalue weighted by Gasteiger charge is -2.28. The van der Waals surface area contributed by atoms with Gasteiger partial charge in [-0.25, -0.2) is 0 Å². The summed E-state index contributed by atoms with van der Waals surface area (Å²) in [5.74, 6) is -0.258. The molecule has 2 aromatic rings. The summed E-state index contributed by atoms with van der Waals surface area (Å²) in [6.07, 6.45) is 0.734. The zero-order chi connectivity index (χ0) is 19.4. The highest BCUT2D eigenvalue weighted by molar-refractivity contribution is 5.97. The average molecular weight is 361 g/mol. The van der Waals surface area contributed by atoms with Crippen molar-refractivity contribution in [2.24, 2.45) is 0 Å². The van der Waals surface area contributed by atoms with Gasteiger partial charge in [-0.15, -0.1) is 0 Å². The molecular weight excluding hydrogens is 338 g/mol. The van der Waals surface area contributed by atoms with Crippen molar-refractivity contribution in [2.75, 3.05) is 13.1 Å². The van der Waals surface area contributed by atoms with Gasteiger partial charge in [0.15, 0.2) is 0 Å². The average Bonchev–Trinajstić information content (AvgIpc) is 3.06. The van der Waals surface area contributed by atoms with Gasteiger partial charge in [-0.1, -0.05) is 36.4 Å². The molecule has 0 bridgehead atoms. The van der Waals surface area contributed by atoms with E-state index in [4.69, 9.17) is 0 Å². The molecule has 1 aliphatic heterocycles. The van der Waals surface area contributed by atoms with E-state index in [2.05, 4.69) is 11.4 Å². The third kappa shape index (κ3) is 3.85. The Bertz CT molecular complexity index is 916. The van der Waals surface area contributed by atoms with E-state index < -0.39 is 5.54 Å². The summed E-state index contributed by atoms with van der Waals surface area (Å²) < 4.78 is 0. The van der Waals surface area contributed by atoms with E-state index >= 15 is 0 Å². The Morgan fingerprint density at radius 2 is 1.67 bits per heavy atom. The predicted molar refractivity (Wildman–Crippen MR) is 103 cm³/mol. The smallest absolute Gasteiger partial charge is 0.254 e. The molecule has 1 unspecified atom stereocenters. The number of amides is 2. The number of benzene rings is 2. The van der Waals surface area contributed by atoms with Crippen molar-refractivity contribution in [1.29, 1.82) is 5.26 Å². The largest absolute Gasteiger partial charge is 0.344 e. The van der Waals surface area contributed by atoms with Gasteiger partial charge >= 0.3 is 0 Å². The van der Waals surface area contributed by atoms with E-state index in [1.54, 1.807) is 11.0 Å². The van der Waals surface area contributed by atoms with Crippen LogP contribution in [0.15, 0.2) is 48.5 Å². The maximum absolute atomic E-state index is 12.9. The number of hydrogen-bond donors (Lipinski definition) is 1. The Balaban J connectivity index is 1.79. The summed E-state index contributed by atoms with van der Waals surface area (Å²) in [4.78, 5) is 27.4. The molecule has 0 aromatic heterocycles. The summed E-state index contributed by atoms with van der Waals surface area (Å²) in [6, 6.07) is 17.0. The normalized spacial score (nSPS) is 18.8. The number of aryl methyl sites for hydroxylation is 2. The van der Waals surface area contributed by atoms with Crippen LogP contribution in [0.2, 0.25) is 0 Å². The Morgan fingerprint density at radius 3 is 2.26 bits per heavy atom. The molecule has 1 atom stereocenters. The number of nitriles is 1. The Kier molecular flexibility index (Phi) is 5.27. The minimum atomic E-state index is -0.716. The van der Waals surface area contributed by atoms with Crippen LogP contribution in [0.4, 0.5) is 0 Å². The van der Waals surface area contributed by atoms with Crippen LogP contribution >= 0.6 is 0 Å². The molecule has 0 aliphatic carbocycles. The van der Waals surface area contributed by atoms with Crippen molar-refractivity contribution in [3.63, 3.8) is 0 Å². The zero-order valence-corrected chi connectivity index (χ0v) is 15.7. The third-order valence-corrected chi connectivity index (χ3v) is 5.20. The van der Waals surface area contributed by atoms with Gasteiger partial charge in [0.05, 0.1) is 18.0 Å². The first-order chi connectivity index (χ1) is 13.0. The highest BCUT2D eigenvalue weighted by Crippen LogP contribution is 2.27. The second-order valence-electron chi connectivity index (χ2n) is 7.18. The van der Waals surface area contributed by atoms with Crippen LogP contribution in [0.25, 0.3) is 0 Å². The maximum Gasteiger partial charge on any atom is 0.254 e. The van der Waals surface area contributed by atoms with E-state index in [0.29, 0.717) is 30.6 Å². The van der Waals surface area contributed by atoms with E-state index in [1.165, 1.54) is 0 Å². The van der Waals surface area contributed by atoms with Crippen LogP contribution in [0.1, 0.15) is 44.7 Å². The summed E-state index contributed by atoms with van der Waals surface area (Å²) in [7, 11) is 0. The van der Waals surface area contributed by atoms with E-state index in [0.717, 1.165) is 11.1 Å². The molecule has 1 heterocycles. The van der Waals surface area contributed by atoms with Crippen molar-refractivity contribution in [2.45, 2.75) is 32.2 Å². The summed E-state index contributed by atoms with van der Waals surface area (Å²) in [5, 5.41) is 12.4. The lowest BCUT2D eigenvalue weighted by molar-refractivity contribution is 0.0765. The monoisotopic (exact) mass is 361 g/mol. The van der Waals surface area contributed by atoms with Crippen LogP contribution in [0, 0.1) is 25.2 Å². The molecule has 0 saturated carbocycles. The minimum Gasteiger partial charge on any atom is -0.344 e. The van der Waals surface area contributed by atoms with Crippen LogP contribution in [-0.4, -0.2) is 35.3 Å². The van der Waals surface area contributed by atoms with Crippen LogP contribution in [0.5, 0.6) is 0 Å². The number of nitrogens with one attached hydrogen (secondary N) is 1. The van der Waals surface area contributed by atoms with Crippen molar-refractivity contribution < 1.29 is 9.59 Å². The fraction of sp³-hybridized carbons (Fsp3) is 0.318. The molecule has 1 aliphatic rings. The van der Waals surface area contributed by atoms with E-state index in [1.807, 2.05) is 56.3 Å². The lowest BCUT2D eigenvalue weighted by Crippen LogP contribution is -2.51. The SMILES string of the molecule is Cc1ccccc1C(=O)NC1(CC#N)CCN(C(=O)c2ccccc2C)C1. The quantitative estimate of drug-likeness (QED) is 0.909. The highest BCUT2D eigenvalue weighted by atomic mass is 16.2. The minimum absolute atomic E-state index is 0.0574. The van der Waals surface area contributed by atoms with Crippen molar-refractivity contribution in [3.05, 3.63) is 70.8 Å². The van der Waals surface area contributed by atoms with E-state index in [-0.39, 0.29) is 18.2 Å². The first kappa shape index (κ1) is 18.7. The maximum atomic E-state index is 12.9. The fourth-order valence-electron chi connectivity index (χ4n) is 3.61. The van der Waals surface area contributed by atoms with Gasteiger partial charge in [-0.3, -0.25) is 9.59 Å². The van der Waals surface area contributed by atoms with Gasteiger partial charge in [-0.05, 0) is 43.5 Å². The zero-order valence-electron chi connectivity index (χ0n) is 15.7. The third-order valence-electron chi connectivity index (χ3n) is 5.20. The van der Waals surface area contributed by atoms with Gasteiger partial charge in [-0.2, -0.15) is 5.26 Å². The summed E-state index contributed by atoms with van der Waals surface area (Å²) in [5.41, 5.74) is 2.35. The molecule has 5 nitrogen and oxygen atoms in total. The summed E-state index contributed by atoms with van der Waals surface area (Å²) >= 11 is 0. The number of nitrogens with zero attached hydrogens (tertiary/aromatic N) is 2. The Labute approximate surface area is 159 Å². The number of likely N-dealkylation sites (tertiary alicyclic amines) is 1. The van der Waals surface area contributed by atoms with Crippen LogP contribution in [0.3, 0.4) is 0 Å². The number of hydrogen-bond acceptors (Lipinski definition) is 3. The number of carbonyl (C=O) groups is 2. The molecule has 1 fully saturated rings. The molecule has 0 radical (unpaired) electrons. The Hall–Kier alpha value is -3.13. The number of carbonyl (C=O) groups excluding carboxylic acids is 2. The van der Waals surface area contributed by atoms with Crippen LogP contribution < -0.4 is 5.32 Å². The predicted octanol–water partition coefficient (Wildman–Crippen LogP) is 3.23. The molecule has 5 heteroatoms. The molecule has 138 valence electrons. The van der Waals surface area contributed by atoms with Crippen LogP contribution in [-0.2, 0) is 0 Å². The fourth-order valence-corrected chi connectivity index (χ4v) is 3.61. The Morgan fingerprint density at radius 1 is 1.07 bits per heavy atom.